The molecule has 3 rings (SSSR count). The monoisotopic (exact) mass is 290 g/mol. The first-order valence-electron chi connectivity index (χ1n) is 6.81. The van der Waals surface area contributed by atoms with Crippen LogP contribution in [0.2, 0.25) is 0 Å². The van der Waals surface area contributed by atoms with E-state index in [2.05, 4.69) is 5.10 Å². The summed E-state index contributed by atoms with van der Waals surface area (Å²) in [6.07, 6.45) is 0.432. The second-order valence-electron chi connectivity index (χ2n) is 4.90. The topological polar surface area (TPSA) is 53.4 Å². The Morgan fingerprint density at radius 2 is 2.33 bits per heavy atom. The molecule has 1 unspecified atom stereocenters. The van der Waals surface area contributed by atoms with Gasteiger partial charge >= 0.3 is 5.97 Å². The first-order valence-corrected chi connectivity index (χ1v) is 6.81. The van der Waals surface area contributed by atoms with Crippen LogP contribution >= 0.6 is 0 Å². The minimum Gasteiger partial charge on any atom is -0.488 e. The van der Waals surface area contributed by atoms with Crippen LogP contribution in [0.4, 0.5) is 4.39 Å². The second-order valence-corrected chi connectivity index (χ2v) is 4.90. The highest BCUT2D eigenvalue weighted by molar-refractivity contribution is 5.87. The van der Waals surface area contributed by atoms with Gasteiger partial charge in [0.05, 0.1) is 6.61 Å². The Hall–Kier alpha value is -2.37. The van der Waals surface area contributed by atoms with Gasteiger partial charge in [0.1, 0.15) is 23.4 Å². The largest absolute Gasteiger partial charge is 0.488 e. The molecule has 110 valence electrons. The number of benzene rings is 1. The summed E-state index contributed by atoms with van der Waals surface area (Å²) in [6, 6.07) is 5.95. The molecule has 1 aromatic heterocycles. The molecule has 2 heterocycles. The number of fused-ring (bicyclic) bond motifs is 3. The highest BCUT2D eigenvalue weighted by Gasteiger charge is 2.24. The summed E-state index contributed by atoms with van der Waals surface area (Å²) >= 11 is 0. The van der Waals surface area contributed by atoms with E-state index < -0.39 is 5.97 Å². The lowest BCUT2D eigenvalue weighted by Crippen LogP contribution is -2.13. The second kappa shape index (κ2) is 5.20. The number of aromatic nitrogens is 2. The van der Waals surface area contributed by atoms with Crippen molar-refractivity contribution in [2.75, 3.05) is 6.61 Å². The molecule has 0 radical (unpaired) electrons. The molecule has 1 aliphatic heterocycles. The van der Waals surface area contributed by atoms with Crippen LogP contribution < -0.4 is 4.74 Å². The van der Waals surface area contributed by atoms with E-state index in [1.165, 1.54) is 12.1 Å². The van der Waals surface area contributed by atoms with Crippen LogP contribution in [-0.4, -0.2) is 28.5 Å². The average molecular weight is 290 g/mol. The smallest absolute Gasteiger partial charge is 0.358 e. The Balaban J connectivity index is 2.10. The van der Waals surface area contributed by atoms with Gasteiger partial charge in [-0.3, -0.25) is 0 Å². The predicted molar refractivity (Wildman–Crippen MR) is 73.3 cm³/mol. The van der Waals surface area contributed by atoms with Crippen LogP contribution in [0.25, 0.3) is 5.69 Å². The Kier molecular flexibility index (Phi) is 3.37. The Morgan fingerprint density at radius 3 is 3.10 bits per heavy atom. The number of halogens is 1. The van der Waals surface area contributed by atoms with E-state index in [4.69, 9.17) is 9.47 Å². The van der Waals surface area contributed by atoms with E-state index in [0.717, 1.165) is 5.69 Å². The number of rotatable bonds is 2. The third kappa shape index (κ3) is 2.49. The van der Waals surface area contributed by atoms with Crippen molar-refractivity contribution in [1.29, 1.82) is 0 Å². The maximum absolute atomic E-state index is 13.4. The van der Waals surface area contributed by atoms with Gasteiger partial charge in [-0.25, -0.2) is 13.9 Å². The Labute approximate surface area is 121 Å². The van der Waals surface area contributed by atoms with Crippen molar-refractivity contribution < 1.29 is 18.7 Å². The van der Waals surface area contributed by atoms with Crippen LogP contribution in [0.1, 0.15) is 30.0 Å². The van der Waals surface area contributed by atoms with Gasteiger partial charge in [0, 0.05) is 18.2 Å². The Bertz CT molecular complexity index is 696. The molecule has 0 fully saturated rings. The first-order chi connectivity index (χ1) is 10.1. The first kappa shape index (κ1) is 13.6. The fourth-order valence-electron chi connectivity index (χ4n) is 2.39. The summed E-state index contributed by atoms with van der Waals surface area (Å²) in [5.41, 5.74) is 1.69. The third-order valence-corrected chi connectivity index (χ3v) is 3.24. The van der Waals surface area contributed by atoms with Crippen LogP contribution in [0.15, 0.2) is 24.3 Å². The van der Waals surface area contributed by atoms with Gasteiger partial charge in [-0.2, -0.15) is 5.10 Å². The van der Waals surface area contributed by atoms with E-state index in [1.807, 2.05) is 6.92 Å². The van der Waals surface area contributed by atoms with Crippen molar-refractivity contribution in [2.45, 2.75) is 26.4 Å². The highest BCUT2D eigenvalue weighted by atomic mass is 19.1. The number of nitrogens with zero attached hydrogens (tertiary/aromatic N) is 2. The van der Waals surface area contributed by atoms with Gasteiger partial charge in [0.25, 0.3) is 0 Å². The quantitative estimate of drug-likeness (QED) is 0.797. The van der Waals surface area contributed by atoms with E-state index in [-0.39, 0.29) is 17.6 Å². The maximum Gasteiger partial charge on any atom is 0.358 e. The summed E-state index contributed by atoms with van der Waals surface area (Å²) < 4.78 is 25.7. The fourth-order valence-corrected chi connectivity index (χ4v) is 2.39. The van der Waals surface area contributed by atoms with Crippen molar-refractivity contribution in [2.24, 2.45) is 0 Å². The van der Waals surface area contributed by atoms with Crippen LogP contribution in [0.5, 0.6) is 5.75 Å². The lowest BCUT2D eigenvalue weighted by atomic mass is 10.2. The average Bonchev–Trinajstić information content (AvgIpc) is 2.78. The molecular formula is C15H15FN2O3. The molecule has 0 bridgehead atoms. The van der Waals surface area contributed by atoms with Gasteiger partial charge in [-0.05, 0) is 32.0 Å². The van der Waals surface area contributed by atoms with Crippen molar-refractivity contribution in [3.8, 4) is 11.4 Å². The molecule has 0 spiro atoms. The summed E-state index contributed by atoms with van der Waals surface area (Å²) in [6.45, 7) is 3.93. The van der Waals surface area contributed by atoms with Crippen molar-refractivity contribution in [1.82, 2.24) is 9.78 Å². The highest BCUT2D eigenvalue weighted by Crippen LogP contribution is 2.30. The minimum absolute atomic E-state index is 0.140. The van der Waals surface area contributed by atoms with Crippen molar-refractivity contribution >= 4 is 5.97 Å². The van der Waals surface area contributed by atoms with Gasteiger partial charge in [0.2, 0.25) is 0 Å². The van der Waals surface area contributed by atoms with Crippen LogP contribution in [0.3, 0.4) is 0 Å². The van der Waals surface area contributed by atoms with Crippen LogP contribution in [-0.2, 0) is 11.2 Å². The summed E-state index contributed by atoms with van der Waals surface area (Å²) in [5.74, 6) is -0.419. The molecule has 0 amide bonds. The van der Waals surface area contributed by atoms with Gasteiger partial charge in [0.15, 0.2) is 5.69 Å². The Morgan fingerprint density at radius 1 is 1.52 bits per heavy atom. The zero-order valence-electron chi connectivity index (χ0n) is 11.8. The fraction of sp³-hybridized carbons (Fsp3) is 0.333. The standard InChI is InChI=1S/C15H15FN2O3/c1-3-20-15(19)12-8-11-6-9(2)21-14-7-10(16)4-5-13(14)18(11)17-12/h4-5,7-9H,3,6H2,1-2H3. The number of carbonyl (C=O) groups is 1. The maximum atomic E-state index is 13.4. The molecule has 0 saturated heterocycles. The van der Waals surface area contributed by atoms with E-state index in [9.17, 15) is 9.18 Å². The van der Waals surface area contributed by atoms with E-state index >= 15 is 0 Å². The van der Waals surface area contributed by atoms with Gasteiger partial charge < -0.3 is 9.47 Å². The molecule has 0 N–H and O–H groups in total. The summed E-state index contributed by atoms with van der Waals surface area (Å²) in [4.78, 5) is 11.8. The lowest BCUT2D eigenvalue weighted by molar-refractivity contribution is 0.0519. The number of carbonyl (C=O) groups excluding carboxylic acids is 1. The van der Waals surface area contributed by atoms with E-state index in [0.29, 0.717) is 24.5 Å². The summed E-state index contributed by atoms with van der Waals surface area (Å²) in [5, 5.41) is 4.27. The number of hydrogen-bond donors (Lipinski definition) is 0. The lowest BCUT2D eigenvalue weighted by Gasteiger charge is -2.12. The normalized spacial score (nSPS) is 16.4. The zero-order chi connectivity index (χ0) is 15.0. The van der Waals surface area contributed by atoms with E-state index in [1.54, 1.807) is 23.7 Å². The molecular weight excluding hydrogens is 275 g/mol. The molecule has 0 aliphatic carbocycles. The van der Waals surface area contributed by atoms with Crippen molar-refractivity contribution in [3.63, 3.8) is 0 Å². The molecule has 0 saturated carbocycles. The molecule has 1 atom stereocenters. The molecule has 21 heavy (non-hydrogen) atoms. The zero-order valence-corrected chi connectivity index (χ0v) is 11.8. The molecule has 1 aromatic carbocycles. The third-order valence-electron chi connectivity index (χ3n) is 3.24. The van der Waals surface area contributed by atoms with Gasteiger partial charge in [-0.1, -0.05) is 0 Å². The number of esters is 1. The van der Waals surface area contributed by atoms with Crippen molar-refractivity contribution in [3.05, 3.63) is 41.5 Å². The number of hydrogen-bond acceptors (Lipinski definition) is 4. The molecule has 1 aliphatic rings. The number of ether oxygens (including phenoxy) is 2. The van der Waals surface area contributed by atoms with Gasteiger partial charge in [-0.15, -0.1) is 0 Å². The summed E-state index contributed by atoms with van der Waals surface area (Å²) in [7, 11) is 0. The predicted octanol–water partition coefficient (Wildman–Crippen LogP) is 2.51. The minimum atomic E-state index is -0.463. The molecule has 6 heteroatoms. The molecule has 5 nitrogen and oxygen atoms in total. The SMILES string of the molecule is CCOC(=O)c1cc2n(n1)-c1ccc(F)cc1OC(C)C2. The molecule has 2 aromatic rings. The van der Waals surface area contributed by atoms with Crippen LogP contribution in [0, 0.1) is 5.82 Å².